The van der Waals surface area contributed by atoms with Gasteiger partial charge in [-0.2, -0.15) is 0 Å². The number of aromatic nitrogens is 3. The Hall–Kier alpha value is -4.45. The number of aryl methyl sites for hydroxylation is 1. The van der Waals surface area contributed by atoms with E-state index in [1.807, 2.05) is 58.0 Å². The molecule has 1 aliphatic heterocycles. The number of benzene rings is 2. The van der Waals surface area contributed by atoms with Crippen LogP contribution >= 0.6 is 0 Å². The number of carbonyl (C=O) groups excluding carboxylic acids is 1. The van der Waals surface area contributed by atoms with Gasteiger partial charge in [0.1, 0.15) is 11.4 Å². The number of carbonyl (C=O) groups is 1. The standard InChI is InChI=1S/C32H38N6O5S/c1-6-44(40,41)37-27-13-7-11-24-23(27)15-14-21(2)28(24)42-29-25(12-8-17-33-29)26-16-18-34-30(36-26)35-22-10-9-19-38(20-22)31(39)43-32(3,4)5/h7-8,11-18,22,37H,6,9-10,19-20H2,1-5H3,(H,34,35,36)/t22-/m0/s1. The lowest BCUT2D eigenvalue weighted by atomic mass is 10.0. The molecule has 1 atom stereocenters. The van der Waals surface area contributed by atoms with E-state index < -0.39 is 15.6 Å². The van der Waals surface area contributed by atoms with Crippen LogP contribution in [0.1, 0.15) is 46.1 Å². The predicted molar refractivity (Wildman–Crippen MR) is 172 cm³/mol. The summed E-state index contributed by atoms with van der Waals surface area (Å²) in [6.45, 7) is 10.2. The first kappa shape index (κ1) is 31.0. The van der Waals surface area contributed by atoms with Crippen molar-refractivity contribution in [3.63, 3.8) is 0 Å². The Morgan fingerprint density at radius 3 is 2.64 bits per heavy atom. The van der Waals surface area contributed by atoms with Crippen LogP contribution in [0.3, 0.4) is 0 Å². The second kappa shape index (κ2) is 12.7. The maximum atomic E-state index is 12.6. The maximum absolute atomic E-state index is 12.6. The van der Waals surface area contributed by atoms with Gasteiger partial charge < -0.3 is 19.7 Å². The summed E-state index contributed by atoms with van der Waals surface area (Å²) < 4.78 is 39.3. The molecule has 11 nitrogen and oxygen atoms in total. The predicted octanol–water partition coefficient (Wildman–Crippen LogP) is 6.37. The van der Waals surface area contributed by atoms with Gasteiger partial charge >= 0.3 is 6.09 Å². The number of hydrogen-bond donors (Lipinski definition) is 2. The van der Waals surface area contributed by atoms with Gasteiger partial charge in [0.05, 0.1) is 22.7 Å². The van der Waals surface area contributed by atoms with Gasteiger partial charge in [0.25, 0.3) is 0 Å². The van der Waals surface area contributed by atoms with Crippen molar-refractivity contribution in [3.8, 4) is 22.9 Å². The van der Waals surface area contributed by atoms with Crippen LogP contribution in [0.15, 0.2) is 60.9 Å². The number of ether oxygens (including phenoxy) is 2. The zero-order valence-electron chi connectivity index (χ0n) is 25.6. The van der Waals surface area contributed by atoms with Crippen LogP contribution in [0.4, 0.5) is 16.4 Å². The van der Waals surface area contributed by atoms with E-state index in [9.17, 15) is 13.2 Å². The fraction of sp³-hybridized carbons (Fsp3) is 0.375. The summed E-state index contributed by atoms with van der Waals surface area (Å²) in [5, 5.41) is 4.84. The van der Waals surface area contributed by atoms with Gasteiger partial charge in [-0.3, -0.25) is 4.72 Å². The van der Waals surface area contributed by atoms with Crippen LogP contribution in [0.2, 0.25) is 0 Å². The van der Waals surface area contributed by atoms with E-state index in [4.69, 9.17) is 14.5 Å². The van der Waals surface area contributed by atoms with Crippen LogP contribution in [-0.2, 0) is 14.8 Å². The number of piperidine rings is 1. The largest absolute Gasteiger partial charge is 0.444 e. The molecule has 2 N–H and O–H groups in total. The molecule has 0 bridgehead atoms. The number of nitrogens with zero attached hydrogens (tertiary/aromatic N) is 4. The minimum atomic E-state index is -3.47. The summed E-state index contributed by atoms with van der Waals surface area (Å²) in [6, 6.07) is 14.6. The van der Waals surface area contributed by atoms with E-state index in [0.717, 1.165) is 23.8 Å². The van der Waals surface area contributed by atoms with Crippen molar-refractivity contribution in [1.29, 1.82) is 0 Å². The molecule has 1 fully saturated rings. The molecule has 232 valence electrons. The second-order valence-electron chi connectivity index (χ2n) is 11.8. The van der Waals surface area contributed by atoms with Gasteiger partial charge in [-0.05, 0) is 77.3 Å². The number of sulfonamides is 1. The van der Waals surface area contributed by atoms with Crippen molar-refractivity contribution in [2.24, 2.45) is 0 Å². The second-order valence-corrected chi connectivity index (χ2v) is 13.8. The lowest BCUT2D eigenvalue weighted by Crippen LogP contribution is -2.47. The minimum Gasteiger partial charge on any atom is -0.444 e. The lowest BCUT2D eigenvalue weighted by Gasteiger charge is -2.34. The first-order chi connectivity index (χ1) is 20.9. The number of hydrogen-bond acceptors (Lipinski definition) is 9. The molecule has 0 unspecified atom stereocenters. The lowest BCUT2D eigenvalue weighted by molar-refractivity contribution is 0.0206. The molecule has 0 radical (unpaired) electrons. The molecule has 2 aromatic carbocycles. The van der Waals surface area contributed by atoms with Gasteiger partial charge in [0.15, 0.2) is 0 Å². The highest BCUT2D eigenvalue weighted by molar-refractivity contribution is 7.92. The van der Waals surface area contributed by atoms with Crippen LogP contribution in [0.25, 0.3) is 22.0 Å². The van der Waals surface area contributed by atoms with Crippen molar-refractivity contribution >= 4 is 38.5 Å². The number of anilines is 2. The minimum absolute atomic E-state index is 0.0333. The Morgan fingerprint density at radius 2 is 1.86 bits per heavy atom. The number of pyridine rings is 1. The quantitative estimate of drug-likeness (QED) is 0.231. The third-order valence-corrected chi connectivity index (χ3v) is 8.45. The summed E-state index contributed by atoms with van der Waals surface area (Å²) in [6.07, 6.45) is 4.70. The highest BCUT2D eigenvalue weighted by Gasteiger charge is 2.28. The molecule has 1 amide bonds. The Morgan fingerprint density at radius 1 is 1.05 bits per heavy atom. The first-order valence-electron chi connectivity index (χ1n) is 14.7. The van der Waals surface area contributed by atoms with E-state index in [-0.39, 0.29) is 17.9 Å². The zero-order chi connectivity index (χ0) is 31.5. The smallest absolute Gasteiger partial charge is 0.410 e. The molecular weight excluding hydrogens is 580 g/mol. The molecule has 0 aliphatic carbocycles. The number of rotatable bonds is 8. The molecule has 44 heavy (non-hydrogen) atoms. The fourth-order valence-electron chi connectivity index (χ4n) is 5.02. The Balaban J connectivity index is 1.40. The average Bonchev–Trinajstić information content (AvgIpc) is 2.98. The summed E-state index contributed by atoms with van der Waals surface area (Å²) in [4.78, 5) is 28.1. The van der Waals surface area contributed by atoms with Crippen molar-refractivity contribution in [1.82, 2.24) is 19.9 Å². The molecule has 2 aromatic heterocycles. The number of nitrogens with one attached hydrogen (secondary N) is 2. The Kier molecular flexibility index (Phi) is 8.91. The monoisotopic (exact) mass is 618 g/mol. The third kappa shape index (κ3) is 7.36. The molecule has 0 spiro atoms. The Bertz CT molecular complexity index is 1770. The van der Waals surface area contributed by atoms with E-state index >= 15 is 0 Å². The van der Waals surface area contributed by atoms with Crippen LogP contribution in [-0.4, -0.2) is 64.8 Å². The topological polar surface area (TPSA) is 136 Å². The number of likely N-dealkylation sites (tertiary alicyclic amines) is 1. The molecule has 4 aromatic rings. The van der Waals surface area contributed by atoms with E-state index in [1.54, 1.807) is 42.4 Å². The van der Waals surface area contributed by atoms with Crippen LogP contribution in [0.5, 0.6) is 11.6 Å². The number of amides is 1. The fourth-order valence-corrected chi connectivity index (χ4v) is 5.67. The van der Waals surface area contributed by atoms with E-state index in [0.29, 0.717) is 53.0 Å². The molecule has 5 rings (SSSR count). The van der Waals surface area contributed by atoms with Crippen molar-refractivity contribution in [2.45, 2.75) is 59.1 Å². The highest BCUT2D eigenvalue weighted by atomic mass is 32.2. The van der Waals surface area contributed by atoms with Crippen molar-refractivity contribution < 1.29 is 22.7 Å². The van der Waals surface area contributed by atoms with Crippen LogP contribution in [0, 0.1) is 6.92 Å². The molecule has 0 saturated carbocycles. The maximum Gasteiger partial charge on any atom is 0.410 e. The zero-order valence-corrected chi connectivity index (χ0v) is 26.4. The van der Waals surface area contributed by atoms with E-state index in [1.165, 1.54) is 0 Å². The summed E-state index contributed by atoms with van der Waals surface area (Å²) in [5.74, 6) is 1.31. The molecular formula is C32H38N6O5S. The summed E-state index contributed by atoms with van der Waals surface area (Å²) in [5.41, 5.74) is 2.06. The first-order valence-corrected chi connectivity index (χ1v) is 16.3. The molecule has 1 saturated heterocycles. The van der Waals surface area contributed by atoms with Gasteiger partial charge in [0.2, 0.25) is 21.9 Å². The third-order valence-electron chi connectivity index (χ3n) is 7.16. The summed E-state index contributed by atoms with van der Waals surface area (Å²) in [7, 11) is -3.47. The highest BCUT2D eigenvalue weighted by Crippen LogP contribution is 2.38. The average molecular weight is 619 g/mol. The molecule has 12 heteroatoms. The van der Waals surface area contributed by atoms with Crippen molar-refractivity contribution in [2.75, 3.05) is 28.9 Å². The summed E-state index contributed by atoms with van der Waals surface area (Å²) >= 11 is 0. The number of fused-ring (bicyclic) bond motifs is 1. The Labute approximate surface area is 258 Å². The van der Waals surface area contributed by atoms with Gasteiger partial charge in [-0.15, -0.1) is 0 Å². The van der Waals surface area contributed by atoms with Gasteiger partial charge in [0, 0.05) is 42.3 Å². The molecule has 1 aliphatic rings. The SMILES string of the molecule is CCS(=O)(=O)Nc1cccc2c(Oc3ncccc3-c3ccnc(N[C@H]4CCCN(C(=O)OC(C)(C)C)C4)n3)c(C)ccc12. The van der Waals surface area contributed by atoms with Crippen molar-refractivity contribution in [3.05, 3.63) is 66.5 Å². The van der Waals surface area contributed by atoms with E-state index in [2.05, 4.69) is 20.0 Å². The van der Waals surface area contributed by atoms with Gasteiger partial charge in [-0.1, -0.05) is 24.3 Å². The van der Waals surface area contributed by atoms with Gasteiger partial charge in [-0.25, -0.2) is 28.2 Å². The van der Waals surface area contributed by atoms with Crippen LogP contribution < -0.4 is 14.8 Å². The normalized spacial score (nSPS) is 15.6. The molecule has 3 heterocycles.